The molecule has 1 unspecified atom stereocenters. The molecule has 6 nitrogen and oxygen atoms in total. The van der Waals surface area contributed by atoms with Gasteiger partial charge in [0.1, 0.15) is 6.04 Å². The van der Waals surface area contributed by atoms with Gasteiger partial charge < -0.3 is 21.3 Å². The summed E-state index contributed by atoms with van der Waals surface area (Å²) in [6.45, 7) is 1.79. The van der Waals surface area contributed by atoms with E-state index >= 15 is 0 Å². The van der Waals surface area contributed by atoms with Gasteiger partial charge in [-0.15, -0.1) is 0 Å². The molecular formula is C15H22N4O2. The van der Waals surface area contributed by atoms with Crippen LogP contribution >= 0.6 is 0 Å². The Morgan fingerprint density at radius 2 is 2.00 bits per heavy atom. The number of benzene rings is 1. The first-order chi connectivity index (χ1) is 9.88. The molecule has 0 spiro atoms. The number of rotatable bonds is 5. The maximum atomic E-state index is 11.9. The Bertz CT molecular complexity index is 553. The Kier molecular flexibility index (Phi) is 4.35. The lowest BCUT2D eigenvalue weighted by atomic mass is 10.1. The molecule has 1 aliphatic carbocycles. The fourth-order valence-electron chi connectivity index (χ4n) is 1.94. The highest BCUT2D eigenvalue weighted by atomic mass is 16.2. The fraction of sp³-hybridized carbons (Fsp3) is 0.467. The van der Waals surface area contributed by atoms with Gasteiger partial charge in [0.2, 0.25) is 5.91 Å². The van der Waals surface area contributed by atoms with Crippen LogP contribution in [0.2, 0.25) is 0 Å². The summed E-state index contributed by atoms with van der Waals surface area (Å²) in [6.07, 6.45) is 2.11. The van der Waals surface area contributed by atoms with Gasteiger partial charge >= 0.3 is 0 Å². The van der Waals surface area contributed by atoms with E-state index in [1.165, 1.54) is 4.90 Å². The van der Waals surface area contributed by atoms with Gasteiger partial charge in [-0.25, -0.2) is 0 Å². The third kappa shape index (κ3) is 3.87. The summed E-state index contributed by atoms with van der Waals surface area (Å²) in [6, 6.07) is 5.01. The molecule has 0 bridgehead atoms. The van der Waals surface area contributed by atoms with Gasteiger partial charge in [-0.2, -0.15) is 0 Å². The van der Waals surface area contributed by atoms with Crippen LogP contribution in [0.1, 0.15) is 30.1 Å². The Hall–Kier alpha value is -2.24. The van der Waals surface area contributed by atoms with Gasteiger partial charge in [-0.1, -0.05) is 0 Å². The van der Waals surface area contributed by atoms with E-state index in [9.17, 15) is 9.59 Å². The summed E-state index contributed by atoms with van der Waals surface area (Å²) < 4.78 is 0. The quantitative estimate of drug-likeness (QED) is 0.707. The lowest BCUT2D eigenvalue weighted by Crippen LogP contribution is -2.38. The van der Waals surface area contributed by atoms with Crippen molar-refractivity contribution in [3.8, 4) is 0 Å². The maximum Gasteiger partial charge on any atom is 0.253 e. The van der Waals surface area contributed by atoms with Crippen LogP contribution in [0, 0.1) is 0 Å². The molecule has 0 aliphatic heterocycles. The van der Waals surface area contributed by atoms with E-state index in [0.717, 1.165) is 12.8 Å². The van der Waals surface area contributed by atoms with Crippen molar-refractivity contribution in [2.24, 2.45) is 0 Å². The number of carbonyl (C=O) groups excluding carboxylic acids is 2. The van der Waals surface area contributed by atoms with E-state index in [-0.39, 0.29) is 17.9 Å². The molecule has 114 valence electrons. The monoisotopic (exact) mass is 290 g/mol. The average molecular weight is 290 g/mol. The van der Waals surface area contributed by atoms with Gasteiger partial charge in [0.05, 0.1) is 11.4 Å². The summed E-state index contributed by atoms with van der Waals surface area (Å²) in [5.74, 6) is -0.141. The van der Waals surface area contributed by atoms with Gasteiger partial charge in [0.15, 0.2) is 0 Å². The highest BCUT2D eigenvalue weighted by molar-refractivity contribution is 5.96. The highest BCUT2D eigenvalue weighted by Gasteiger charge is 2.25. The minimum atomic E-state index is -0.372. The van der Waals surface area contributed by atoms with E-state index < -0.39 is 0 Å². The second-order valence-corrected chi connectivity index (χ2v) is 5.65. The molecule has 1 aromatic rings. The van der Waals surface area contributed by atoms with Crippen LogP contribution in [0.15, 0.2) is 18.2 Å². The number of nitrogens with zero attached hydrogens (tertiary/aromatic N) is 1. The third-order valence-electron chi connectivity index (χ3n) is 3.39. The Balaban J connectivity index is 2.03. The first kappa shape index (κ1) is 15.2. The molecule has 1 saturated carbocycles. The van der Waals surface area contributed by atoms with Crippen LogP contribution in [0.4, 0.5) is 11.4 Å². The molecule has 6 heteroatoms. The SMILES string of the molecule is CC(Nc1ccc(C(=O)N(C)C)cc1N)C(=O)NC1CC1. The molecule has 1 fully saturated rings. The highest BCUT2D eigenvalue weighted by Crippen LogP contribution is 2.22. The van der Waals surface area contributed by atoms with Crippen molar-refractivity contribution in [3.05, 3.63) is 23.8 Å². The minimum Gasteiger partial charge on any atom is -0.397 e. The standard InChI is InChI=1S/C15H22N4O2/c1-9(14(20)18-11-5-6-11)17-13-7-4-10(8-12(13)16)15(21)19(2)3/h4,7-9,11,17H,5-6,16H2,1-3H3,(H,18,20). The molecule has 0 saturated heterocycles. The predicted octanol–water partition coefficient (Wildman–Crippen LogP) is 1.05. The number of anilines is 2. The zero-order valence-electron chi connectivity index (χ0n) is 12.6. The Morgan fingerprint density at radius 3 is 2.52 bits per heavy atom. The zero-order chi connectivity index (χ0) is 15.6. The maximum absolute atomic E-state index is 11.9. The van der Waals surface area contributed by atoms with Crippen LogP contribution in [-0.4, -0.2) is 42.9 Å². The lowest BCUT2D eigenvalue weighted by molar-refractivity contribution is -0.121. The minimum absolute atomic E-state index is 0.0367. The number of nitrogens with two attached hydrogens (primary N) is 1. The first-order valence-electron chi connectivity index (χ1n) is 7.06. The number of amides is 2. The van der Waals surface area contributed by atoms with Gasteiger partial charge in [-0.05, 0) is 38.0 Å². The van der Waals surface area contributed by atoms with Crippen LogP contribution in [0.5, 0.6) is 0 Å². The van der Waals surface area contributed by atoms with Gasteiger partial charge in [0.25, 0.3) is 5.91 Å². The van der Waals surface area contributed by atoms with Crippen LogP contribution < -0.4 is 16.4 Å². The molecule has 1 atom stereocenters. The average Bonchev–Trinajstić information content (AvgIpc) is 3.23. The lowest BCUT2D eigenvalue weighted by Gasteiger charge is -2.17. The Morgan fingerprint density at radius 1 is 1.33 bits per heavy atom. The van der Waals surface area contributed by atoms with Crippen molar-refractivity contribution in [1.82, 2.24) is 10.2 Å². The first-order valence-corrected chi connectivity index (χ1v) is 7.06. The topological polar surface area (TPSA) is 87.5 Å². The molecule has 21 heavy (non-hydrogen) atoms. The van der Waals surface area contributed by atoms with Crippen molar-refractivity contribution in [2.75, 3.05) is 25.1 Å². The van der Waals surface area contributed by atoms with Crippen molar-refractivity contribution in [2.45, 2.75) is 31.8 Å². The molecular weight excluding hydrogens is 268 g/mol. The number of nitrogens with one attached hydrogen (secondary N) is 2. The van der Waals surface area contributed by atoms with E-state index in [1.54, 1.807) is 39.2 Å². The van der Waals surface area contributed by atoms with Crippen molar-refractivity contribution < 1.29 is 9.59 Å². The van der Waals surface area contributed by atoms with Gasteiger partial charge in [-0.3, -0.25) is 9.59 Å². The molecule has 0 aromatic heterocycles. The molecule has 0 heterocycles. The van der Waals surface area contributed by atoms with E-state index in [4.69, 9.17) is 5.73 Å². The number of hydrogen-bond donors (Lipinski definition) is 3. The fourth-order valence-corrected chi connectivity index (χ4v) is 1.94. The summed E-state index contributed by atoms with van der Waals surface area (Å²) in [7, 11) is 3.38. The van der Waals surface area contributed by atoms with Crippen LogP contribution in [0.3, 0.4) is 0 Å². The number of carbonyl (C=O) groups is 2. The molecule has 1 aliphatic rings. The Labute approximate surface area is 124 Å². The van der Waals surface area contributed by atoms with Crippen LogP contribution in [-0.2, 0) is 4.79 Å². The predicted molar refractivity (Wildman–Crippen MR) is 83.1 cm³/mol. The zero-order valence-corrected chi connectivity index (χ0v) is 12.6. The van der Waals surface area contributed by atoms with Crippen molar-refractivity contribution >= 4 is 23.2 Å². The normalized spacial score (nSPS) is 15.2. The smallest absolute Gasteiger partial charge is 0.253 e. The molecule has 1 aromatic carbocycles. The van der Waals surface area contributed by atoms with Gasteiger partial charge in [0, 0.05) is 25.7 Å². The van der Waals surface area contributed by atoms with Crippen LogP contribution in [0.25, 0.3) is 0 Å². The van der Waals surface area contributed by atoms with E-state index in [2.05, 4.69) is 10.6 Å². The van der Waals surface area contributed by atoms with E-state index in [1.807, 2.05) is 0 Å². The van der Waals surface area contributed by atoms with Crippen molar-refractivity contribution in [1.29, 1.82) is 0 Å². The molecule has 2 rings (SSSR count). The third-order valence-corrected chi connectivity index (χ3v) is 3.39. The summed E-state index contributed by atoms with van der Waals surface area (Å²) in [5.41, 5.74) is 7.59. The molecule has 4 N–H and O–H groups in total. The molecule has 2 amide bonds. The summed E-state index contributed by atoms with van der Waals surface area (Å²) in [4.78, 5) is 25.2. The number of nitrogen functional groups attached to an aromatic ring is 1. The largest absolute Gasteiger partial charge is 0.397 e. The van der Waals surface area contributed by atoms with E-state index in [0.29, 0.717) is 23.0 Å². The molecule has 0 radical (unpaired) electrons. The summed E-state index contributed by atoms with van der Waals surface area (Å²) >= 11 is 0. The van der Waals surface area contributed by atoms with Crippen molar-refractivity contribution in [3.63, 3.8) is 0 Å². The number of hydrogen-bond acceptors (Lipinski definition) is 4. The second-order valence-electron chi connectivity index (χ2n) is 5.65. The summed E-state index contributed by atoms with van der Waals surface area (Å²) in [5, 5.41) is 6.01. The second kappa shape index (κ2) is 6.03.